The molecule has 0 bridgehead atoms. The molecule has 0 saturated carbocycles. The Balaban J connectivity index is 2.16. The Morgan fingerprint density at radius 3 is 2.75 bits per heavy atom. The lowest BCUT2D eigenvalue weighted by molar-refractivity contribution is 0.0780. The van der Waals surface area contributed by atoms with Crippen molar-refractivity contribution >= 4 is 17.5 Å². The highest BCUT2D eigenvalue weighted by Crippen LogP contribution is 2.23. The zero-order valence-electron chi connectivity index (χ0n) is 11.3. The third kappa shape index (κ3) is 3.27. The van der Waals surface area contributed by atoms with Crippen LogP contribution >= 0.6 is 11.6 Å². The third-order valence-electron chi connectivity index (χ3n) is 2.88. The molecule has 2 rings (SSSR count). The number of aryl methyl sites for hydroxylation is 1. The predicted octanol–water partition coefficient (Wildman–Crippen LogP) is 3.02. The number of halogens is 1. The van der Waals surface area contributed by atoms with Gasteiger partial charge in [-0.25, -0.2) is 0 Å². The second kappa shape index (κ2) is 5.92. The number of hydrogen-bond acceptors (Lipinski definition) is 3. The number of carbonyl (C=O) groups is 1. The Hall–Kier alpha value is -2.07. The van der Waals surface area contributed by atoms with Crippen LogP contribution in [0, 0.1) is 6.92 Å². The molecule has 1 aromatic heterocycles. The summed E-state index contributed by atoms with van der Waals surface area (Å²) in [5.41, 5.74) is 1.93. The van der Waals surface area contributed by atoms with Crippen LogP contribution in [0.25, 0.3) is 0 Å². The van der Waals surface area contributed by atoms with Gasteiger partial charge in [-0.2, -0.15) is 0 Å². The zero-order valence-corrected chi connectivity index (χ0v) is 12.1. The number of rotatable bonds is 3. The maximum atomic E-state index is 12.3. The summed E-state index contributed by atoms with van der Waals surface area (Å²) in [7, 11) is 1.67. The molecule has 0 saturated heterocycles. The van der Waals surface area contributed by atoms with Gasteiger partial charge in [0.2, 0.25) is 0 Å². The lowest BCUT2D eigenvalue weighted by atomic mass is 10.1. The van der Waals surface area contributed by atoms with Gasteiger partial charge in [-0.15, -0.1) is 0 Å². The van der Waals surface area contributed by atoms with E-state index < -0.39 is 0 Å². The number of nitrogens with zero attached hydrogens (tertiary/aromatic N) is 2. The van der Waals surface area contributed by atoms with E-state index in [-0.39, 0.29) is 17.2 Å². The van der Waals surface area contributed by atoms with Gasteiger partial charge in [0, 0.05) is 17.8 Å². The molecule has 5 heteroatoms. The number of amides is 1. The molecule has 1 aromatic carbocycles. The fourth-order valence-electron chi connectivity index (χ4n) is 1.89. The predicted molar refractivity (Wildman–Crippen MR) is 77.9 cm³/mol. The summed E-state index contributed by atoms with van der Waals surface area (Å²) in [5, 5.41) is 10.2. The van der Waals surface area contributed by atoms with Gasteiger partial charge in [0.25, 0.3) is 5.91 Å². The lowest BCUT2D eigenvalue weighted by Crippen LogP contribution is -2.26. The van der Waals surface area contributed by atoms with E-state index in [9.17, 15) is 9.90 Å². The molecule has 0 unspecified atom stereocenters. The highest BCUT2D eigenvalue weighted by atomic mass is 35.5. The number of benzene rings is 1. The summed E-state index contributed by atoms with van der Waals surface area (Å²) < 4.78 is 0. The fourth-order valence-corrected chi connectivity index (χ4v) is 2.06. The average molecular weight is 291 g/mol. The van der Waals surface area contributed by atoms with Crippen LogP contribution in [0.15, 0.2) is 36.4 Å². The highest BCUT2D eigenvalue weighted by molar-refractivity contribution is 6.30. The number of aromatic nitrogens is 1. The number of pyridine rings is 1. The minimum atomic E-state index is -0.275. The Labute approximate surface area is 122 Å². The first kappa shape index (κ1) is 14.3. The van der Waals surface area contributed by atoms with Crippen LogP contribution < -0.4 is 0 Å². The molecule has 4 nitrogen and oxygen atoms in total. The lowest BCUT2D eigenvalue weighted by Gasteiger charge is -2.17. The molecular formula is C15H15ClN2O2. The highest BCUT2D eigenvalue weighted by Gasteiger charge is 2.16. The van der Waals surface area contributed by atoms with Crippen molar-refractivity contribution in [3.05, 3.63) is 58.4 Å². The van der Waals surface area contributed by atoms with Crippen LogP contribution in [0.4, 0.5) is 0 Å². The van der Waals surface area contributed by atoms with Gasteiger partial charge in [-0.1, -0.05) is 17.7 Å². The molecule has 104 valence electrons. The van der Waals surface area contributed by atoms with Crippen molar-refractivity contribution in [3.63, 3.8) is 0 Å². The Morgan fingerprint density at radius 1 is 1.35 bits per heavy atom. The Kier molecular flexibility index (Phi) is 4.25. The van der Waals surface area contributed by atoms with Gasteiger partial charge in [-0.05, 0) is 37.3 Å². The third-order valence-corrected chi connectivity index (χ3v) is 3.12. The van der Waals surface area contributed by atoms with Gasteiger partial charge in [0.15, 0.2) is 0 Å². The fraction of sp³-hybridized carbons (Fsp3) is 0.200. The van der Waals surface area contributed by atoms with Crippen LogP contribution in [-0.4, -0.2) is 27.9 Å². The summed E-state index contributed by atoms with van der Waals surface area (Å²) in [6.45, 7) is 2.28. The Morgan fingerprint density at radius 2 is 2.10 bits per heavy atom. The Bertz CT molecular complexity index is 644. The van der Waals surface area contributed by atoms with Crippen molar-refractivity contribution in [2.45, 2.75) is 13.5 Å². The van der Waals surface area contributed by atoms with Gasteiger partial charge in [0.05, 0.1) is 17.8 Å². The average Bonchev–Trinajstić information content (AvgIpc) is 2.38. The summed E-state index contributed by atoms with van der Waals surface area (Å²) in [6, 6.07) is 10.1. The van der Waals surface area contributed by atoms with Gasteiger partial charge in [-0.3, -0.25) is 9.78 Å². The number of carbonyl (C=O) groups excluding carboxylic acids is 1. The summed E-state index contributed by atoms with van der Waals surface area (Å²) in [5.74, 6) is -0.394. The first-order chi connectivity index (χ1) is 9.47. The topological polar surface area (TPSA) is 53.4 Å². The van der Waals surface area contributed by atoms with E-state index in [2.05, 4.69) is 4.98 Å². The standard InChI is InChI=1S/C15H15ClN2O2/c1-10-4-3-5-12(17-10)9-18(2)15(20)13-7-6-11(16)8-14(13)19/h3-8,19H,9H2,1-2H3. The smallest absolute Gasteiger partial charge is 0.257 e. The number of hydrogen-bond donors (Lipinski definition) is 1. The molecule has 1 N–H and O–H groups in total. The quantitative estimate of drug-likeness (QED) is 0.945. The first-order valence-electron chi connectivity index (χ1n) is 6.14. The van der Waals surface area contributed by atoms with E-state index in [1.54, 1.807) is 13.1 Å². The van der Waals surface area contributed by atoms with Gasteiger partial charge < -0.3 is 10.0 Å². The minimum absolute atomic E-state index is 0.119. The van der Waals surface area contributed by atoms with E-state index in [1.165, 1.54) is 17.0 Å². The minimum Gasteiger partial charge on any atom is -0.507 e. The van der Waals surface area contributed by atoms with E-state index >= 15 is 0 Å². The number of phenolic OH excluding ortho intramolecular Hbond substituents is 1. The molecular weight excluding hydrogens is 276 g/mol. The van der Waals surface area contributed by atoms with Crippen molar-refractivity contribution in [1.82, 2.24) is 9.88 Å². The molecule has 0 aliphatic heterocycles. The van der Waals surface area contributed by atoms with E-state index in [1.807, 2.05) is 25.1 Å². The van der Waals surface area contributed by atoms with Crippen LogP contribution in [0.5, 0.6) is 5.75 Å². The van der Waals surface area contributed by atoms with Crippen molar-refractivity contribution < 1.29 is 9.90 Å². The van der Waals surface area contributed by atoms with E-state index in [0.29, 0.717) is 11.6 Å². The molecule has 2 aromatic rings. The van der Waals surface area contributed by atoms with Gasteiger partial charge >= 0.3 is 0 Å². The normalized spacial score (nSPS) is 10.3. The summed E-state index contributed by atoms with van der Waals surface area (Å²) >= 11 is 5.75. The SMILES string of the molecule is Cc1cccc(CN(C)C(=O)c2ccc(Cl)cc2O)n1. The summed E-state index contributed by atoms with van der Waals surface area (Å²) in [6.07, 6.45) is 0. The maximum Gasteiger partial charge on any atom is 0.257 e. The molecule has 0 fully saturated rings. The van der Waals surface area contributed by atoms with E-state index in [4.69, 9.17) is 11.6 Å². The molecule has 20 heavy (non-hydrogen) atoms. The molecule has 0 atom stereocenters. The zero-order chi connectivity index (χ0) is 14.7. The maximum absolute atomic E-state index is 12.3. The van der Waals surface area contributed by atoms with Crippen molar-refractivity contribution in [3.8, 4) is 5.75 Å². The van der Waals surface area contributed by atoms with Crippen molar-refractivity contribution in [1.29, 1.82) is 0 Å². The molecule has 1 amide bonds. The molecule has 1 heterocycles. The van der Waals surface area contributed by atoms with Crippen LogP contribution in [0.2, 0.25) is 5.02 Å². The molecule has 0 aliphatic rings. The number of aromatic hydroxyl groups is 1. The van der Waals surface area contributed by atoms with E-state index in [0.717, 1.165) is 11.4 Å². The monoisotopic (exact) mass is 290 g/mol. The van der Waals surface area contributed by atoms with Crippen LogP contribution in [0.1, 0.15) is 21.7 Å². The van der Waals surface area contributed by atoms with Crippen LogP contribution in [-0.2, 0) is 6.54 Å². The summed E-state index contributed by atoms with van der Waals surface area (Å²) in [4.78, 5) is 18.1. The second-order valence-corrected chi connectivity index (χ2v) is 5.03. The van der Waals surface area contributed by atoms with Crippen molar-refractivity contribution in [2.24, 2.45) is 0 Å². The second-order valence-electron chi connectivity index (χ2n) is 4.59. The molecule has 0 spiro atoms. The molecule has 0 radical (unpaired) electrons. The van der Waals surface area contributed by atoms with Gasteiger partial charge in [0.1, 0.15) is 5.75 Å². The largest absolute Gasteiger partial charge is 0.507 e. The molecule has 0 aliphatic carbocycles. The number of phenols is 1. The van der Waals surface area contributed by atoms with Crippen molar-refractivity contribution in [2.75, 3.05) is 7.05 Å². The first-order valence-corrected chi connectivity index (χ1v) is 6.51. The van der Waals surface area contributed by atoms with Crippen LogP contribution in [0.3, 0.4) is 0 Å².